The Balaban J connectivity index is 2.66. The first-order valence-corrected chi connectivity index (χ1v) is 6.81. The number of anilines is 1. The first-order valence-electron chi connectivity index (χ1n) is 6.81. The van der Waals surface area contributed by atoms with E-state index in [1.165, 1.54) is 31.1 Å². The van der Waals surface area contributed by atoms with Crippen LogP contribution in [0.25, 0.3) is 0 Å². The minimum atomic E-state index is -1.44. The van der Waals surface area contributed by atoms with E-state index in [9.17, 15) is 14.7 Å². The minimum Gasteiger partial charge on any atom is -0.480 e. The average molecular weight is 302 g/mol. The maximum Gasteiger partial charge on any atom is 0.329 e. The molecule has 116 valence electrons. The fourth-order valence-corrected chi connectivity index (χ4v) is 2.33. The molecule has 0 aliphatic rings. The topological polar surface area (TPSA) is 83.6 Å². The van der Waals surface area contributed by atoms with Gasteiger partial charge in [-0.25, -0.2) is 4.79 Å². The molecule has 0 radical (unpaired) electrons. The van der Waals surface area contributed by atoms with Gasteiger partial charge in [-0.3, -0.25) is 9.69 Å². The van der Waals surface area contributed by atoms with E-state index in [0.717, 1.165) is 11.1 Å². The summed E-state index contributed by atoms with van der Waals surface area (Å²) < 4.78 is 4.71. The van der Waals surface area contributed by atoms with E-state index in [0.29, 0.717) is 5.69 Å². The van der Waals surface area contributed by atoms with Crippen LogP contribution in [0.5, 0.6) is 0 Å². The van der Waals surface area contributed by atoms with E-state index in [1.54, 1.807) is 0 Å². The predicted molar refractivity (Wildman–Crippen MR) is 80.9 cm³/mol. The van der Waals surface area contributed by atoms with Crippen molar-refractivity contribution in [3.05, 3.63) is 47.3 Å². The van der Waals surface area contributed by atoms with Gasteiger partial charge >= 0.3 is 5.97 Å². The lowest BCUT2D eigenvalue weighted by Crippen LogP contribution is -2.54. The number of rotatable bonds is 4. The van der Waals surface area contributed by atoms with Crippen molar-refractivity contribution in [2.75, 3.05) is 4.90 Å². The third-order valence-corrected chi connectivity index (χ3v) is 3.61. The smallest absolute Gasteiger partial charge is 0.329 e. The number of hydrogen-bond donors (Lipinski definition) is 1. The Bertz CT molecular complexity index is 685. The zero-order chi connectivity index (χ0) is 16.5. The zero-order valence-electron chi connectivity index (χ0n) is 13.0. The molecule has 0 unspecified atom stereocenters. The monoisotopic (exact) mass is 302 g/mol. The molecule has 0 aliphatic heterocycles. The highest BCUT2D eigenvalue weighted by atomic mass is 16.5. The summed E-state index contributed by atoms with van der Waals surface area (Å²) in [6, 6.07) is 6.95. The lowest BCUT2D eigenvalue weighted by atomic mass is 9.97. The van der Waals surface area contributed by atoms with E-state index in [2.05, 4.69) is 5.16 Å². The Morgan fingerprint density at radius 2 is 1.77 bits per heavy atom. The second-order valence-electron chi connectivity index (χ2n) is 5.63. The van der Waals surface area contributed by atoms with Crippen molar-refractivity contribution in [2.24, 2.45) is 0 Å². The van der Waals surface area contributed by atoms with Gasteiger partial charge < -0.3 is 9.63 Å². The lowest BCUT2D eigenvalue weighted by molar-refractivity contribution is -0.141. The number of carboxylic acids is 1. The van der Waals surface area contributed by atoms with Gasteiger partial charge in [0.1, 0.15) is 11.8 Å². The van der Waals surface area contributed by atoms with Crippen LogP contribution in [-0.4, -0.2) is 27.7 Å². The van der Waals surface area contributed by atoms with Crippen molar-refractivity contribution in [3.8, 4) is 0 Å². The van der Waals surface area contributed by atoms with Crippen molar-refractivity contribution in [1.82, 2.24) is 5.16 Å². The van der Waals surface area contributed by atoms with Crippen LogP contribution in [0.15, 0.2) is 35.1 Å². The summed E-state index contributed by atoms with van der Waals surface area (Å²) in [5.74, 6) is -1.62. The third kappa shape index (κ3) is 2.59. The molecule has 0 saturated heterocycles. The number of amides is 1. The Morgan fingerprint density at radius 1 is 1.18 bits per heavy atom. The van der Waals surface area contributed by atoms with Crippen molar-refractivity contribution < 1.29 is 19.2 Å². The first-order chi connectivity index (χ1) is 10.3. The SMILES string of the molecule is Cc1cccc(C)c1N(C(=O)c1ccon1)C(C)(C)C(=O)O. The fraction of sp³-hybridized carbons (Fsp3) is 0.312. The molecule has 0 spiro atoms. The van der Waals surface area contributed by atoms with Crippen LogP contribution < -0.4 is 4.90 Å². The van der Waals surface area contributed by atoms with Crippen LogP contribution >= 0.6 is 0 Å². The molecule has 1 aromatic heterocycles. The average Bonchev–Trinajstić information content (AvgIpc) is 2.96. The highest BCUT2D eigenvalue weighted by Crippen LogP contribution is 2.32. The number of aryl methyl sites for hydroxylation is 2. The largest absolute Gasteiger partial charge is 0.480 e. The fourth-order valence-electron chi connectivity index (χ4n) is 2.33. The second kappa shape index (κ2) is 5.63. The summed E-state index contributed by atoms with van der Waals surface area (Å²) >= 11 is 0. The van der Waals surface area contributed by atoms with Crippen molar-refractivity contribution in [2.45, 2.75) is 33.2 Å². The van der Waals surface area contributed by atoms with Gasteiger partial charge in [0.25, 0.3) is 5.91 Å². The van der Waals surface area contributed by atoms with Crippen LogP contribution in [0, 0.1) is 13.8 Å². The van der Waals surface area contributed by atoms with Crippen molar-refractivity contribution in [1.29, 1.82) is 0 Å². The summed E-state index contributed by atoms with van der Waals surface area (Å²) in [6.07, 6.45) is 1.28. The van der Waals surface area contributed by atoms with Crippen LogP contribution in [-0.2, 0) is 4.79 Å². The number of aliphatic carboxylic acids is 1. The summed E-state index contributed by atoms with van der Waals surface area (Å²) in [5.41, 5.74) is 0.824. The summed E-state index contributed by atoms with van der Waals surface area (Å²) in [5, 5.41) is 13.2. The molecule has 0 aliphatic carbocycles. The normalized spacial score (nSPS) is 11.3. The molecule has 0 fully saturated rings. The van der Waals surface area contributed by atoms with Gasteiger partial charge in [-0.2, -0.15) is 0 Å². The van der Waals surface area contributed by atoms with Gasteiger partial charge in [0.15, 0.2) is 5.69 Å². The van der Waals surface area contributed by atoms with E-state index in [4.69, 9.17) is 4.52 Å². The molecule has 2 aromatic rings. The summed E-state index contributed by atoms with van der Waals surface area (Å²) in [6.45, 7) is 6.64. The van der Waals surface area contributed by atoms with Crippen LogP contribution in [0.2, 0.25) is 0 Å². The third-order valence-electron chi connectivity index (χ3n) is 3.61. The second-order valence-corrected chi connectivity index (χ2v) is 5.63. The Kier molecular flexibility index (Phi) is 4.03. The molecule has 0 bridgehead atoms. The number of carboxylic acid groups (broad SMARTS) is 1. The molecule has 6 heteroatoms. The van der Waals surface area contributed by atoms with E-state index >= 15 is 0 Å². The van der Waals surface area contributed by atoms with Crippen LogP contribution in [0.4, 0.5) is 5.69 Å². The van der Waals surface area contributed by atoms with Gasteiger partial charge in [0, 0.05) is 6.07 Å². The minimum absolute atomic E-state index is 0.0666. The lowest BCUT2D eigenvalue weighted by Gasteiger charge is -2.36. The molecule has 0 atom stereocenters. The molecule has 2 rings (SSSR count). The molecule has 1 amide bonds. The molecule has 1 N–H and O–H groups in total. The highest BCUT2D eigenvalue weighted by molar-refractivity contribution is 6.10. The molecule has 1 aromatic carbocycles. The van der Waals surface area contributed by atoms with Gasteiger partial charge in [-0.1, -0.05) is 23.4 Å². The molecule has 0 saturated carbocycles. The number of carbonyl (C=O) groups excluding carboxylic acids is 1. The van der Waals surface area contributed by atoms with Gasteiger partial charge in [-0.15, -0.1) is 0 Å². The number of aromatic nitrogens is 1. The quantitative estimate of drug-likeness (QED) is 0.938. The standard InChI is InChI=1S/C16H18N2O4/c1-10-6-5-7-11(2)13(10)18(16(3,4)15(20)21)14(19)12-8-9-22-17-12/h5-9H,1-4H3,(H,20,21). The van der Waals surface area contributed by atoms with Crippen LogP contribution in [0.1, 0.15) is 35.5 Å². The Labute approximate surface area is 128 Å². The van der Waals surface area contributed by atoms with Crippen molar-refractivity contribution in [3.63, 3.8) is 0 Å². The summed E-state index contributed by atoms with van der Waals surface area (Å²) in [7, 11) is 0. The molecular weight excluding hydrogens is 284 g/mol. The first kappa shape index (κ1) is 15.8. The predicted octanol–water partition coefficient (Wildman–Crippen LogP) is 2.80. The Morgan fingerprint density at radius 3 is 2.23 bits per heavy atom. The number of carbonyl (C=O) groups is 2. The molecular formula is C16H18N2O4. The number of nitrogens with zero attached hydrogens (tertiary/aromatic N) is 2. The van der Waals surface area contributed by atoms with Crippen molar-refractivity contribution >= 4 is 17.6 Å². The molecule has 1 heterocycles. The van der Waals surface area contributed by atoms with Crippen LogP contribution in [0.3, 0.4) is 0 Å². The number of benzene rings is 1. The Hall–Kier alpha value is -2.63. The molecule has 22 heavy (non-hydrogen) atoms. The van der Waals surface area contributed by atoms with Gasteiger partial charge in [0.2, 0.25) is 0 Å². The molecule has 6 nitrogen and oxygen atoms in total. The number of para-hydroxylation sites is 1. The van der Waals surface area contributed by atoms with Gasteiger partial charge in [-0.05, 0) is 38.8 Å². The number of hydrogen-bond acceptors (Lipinski definition) is 4. The zero-order valence-corrected chi connectivity index (χ0v) is 13.0. The summed E-state index contributed by atoms with van der Waals surface area (Å²) in [4.78, 5) is 25.8. The van der Waals surface area contributed by atoms with E-state index in [1.807, 2.05) is 32.0 Å². The maximum atomic E-state index is 12.8. The maximum absolute atomic E-state index is 12.8. The van der Waals surface area contributed by atoms with Gasteiger partial charge in [0.05, 0.1) is 5.69 Å². The van der Waals surface area contributed by atoms with E-state index < -0.39 is 17.4 Å². The highest BCUT2D eigenvalue weighted by Gasteiger charge is 2.41. The van der Waals surface area contributed by atoms with E-state index in [-0.39, 0.29) is 5.69 Å².